The third-order valence-corrected chi connectivity index (χ3v) is 3.06. The van der Waals surface area contributed by atoms with E-state index in [0.717, 1.165) is 18.9 Å². The summed E-state index contributed by atoms with van der Waals surface area (Å²) in [6.45, 7) is 0. The van der Waals surface area contributed by atoms with Gasteiger partial charge in [0.25, 0.3) is 0 Å². The van der Waals surface area contributed by atoms with Gasteiger partial charge < -0.3 is 4.74 Å². The maximum atomic E-state index is 12.8. The first-order chi connectivity index (χ1) is 8.45. The quantitative estimate of drug-likeness (QED) is 0.774. The van der Waals surface area contributed by atoms with Crippen LogP contribution >= 0.6 is 0 Å². The van der Waals surface area contributed by atoms with Crippen LogP contribution in [0, 0.1) is 5.92 Å². The van der Waals surface area contributed by atoms with Crippen molar-refractivity contribution in [1.29, 1.82) is 0 Å². The second-order valence-corrected chi connectivity index (χ2v) is 4.40. The normalized spacial score (nSPS) is 17.6. The predicted molar refractivity (Wildman–Crippen MR) is 59.3 cm³/mol. The smallest absolute Gasteiger partial charge is 0.373 e. The molecule has 1 fully saturated rings. The van der Waals surface area contributed by atoms with Crippen LogP contribution in [0.2, 0.25) is 0 Å². The number of carbonyl (C=O) groups excluding carboxylic acids is 1. The monoisotopic (exact) mass is 258 g/mol. The number of alkyl halides is 3. The van der Waals surface area contributed by atoms with Crippen molar-refractivity contribution in [2.24, 2.45) is 5.92 Å². The third kappa shape index (κ3) is 2.56. The molecular weight excluding hydrogens is 245 g/mol. The van der Waals surface area contributed by atoms with Crippen LogP contribution in [-0.2, 0) is 10.9 Å². The fourth-order valence-electron chi connectivity index (χ4n) is 2.01. The molecule has 1 atom stereocenters. The number of rotatable bonds is 4. The van der Waals surface area contributed by atoms with Crippen molar-refractivity contribution < 1.29 is 22.7 Å². The second kappa shape index (κ2) is 4.72. The SMILES string of the molecule is COC(C(=O)c1ccccc1C(F)(F)F)C1CC1. The highest BCUT2D eigenvalue weighted by atomic mass is 19.4. The van der Waals surface area contributed by atoms with Gasteiger partial charge in [-0.25, -0.2) is 0 Å². The Morgan fingerprint density at radius 2 is 1.94 bits per heavy atom. The molecule has 18 heavy (non-hydrogen) atoms. The van der Waals surface area contributed by atoms with Gasteiger partial charge in [-0.1, -0.05) is 18.2 Å². The fourth-order valence-corrected chi connectivity index (χ4v) is 2.01. The lowest BCUT2D eigenvalue weighted by atomic mass is 9.97. The van der Waals surface area contributed by atoms with Crippen LogP contribution in [0.5, 0.6) is 0 Å². The molecule has 1 aliphatic rings. The molecule has 0 N–H and O–H groups in total. The van der Waals surface area contributed by atoms with E-state index in [1.807, 2.05) is 0 Å². The molecule has 0 heterocycles. The van der Waals surface area contributed by atoms with E-state index in [9.17, 15) is 18.0 Å². The summed E-state index contributed by atoms with van der Waals surface area (Å²) in [5, 5.41) is 0. The molecule has 1 aliphatic carbocycles. The Morgan fingerprint density at radius 3 is 2.44 bits per heavy atom. The van der Waals surface area contributed by atoms with E-state index in [1.165, 1.54) is 25.3 Å². The van der Waals surface area contributed by atoms with Gasteiger partial charge in [-0.05, 0) is 24.8 Å². The first kappa shape index (κ1) is 13.1. The number of halogens is 3. The van der Waals surface area contributed by atoms with Gasteiger partial charge in [0.1, 0.15) is 6.10 Å². The summed E-state index contributed by atoms with van der Waals surface area (Å²) in [7, 11) is 1.36. The average Bonchev–Trinajstić information content (AvgIpc) is 3.13. The van der Waals surface area contributed by atoms with Gasteiger partial charge in [0.05, 0.1) is 5.56 Å². The van der Waals surface area contributed by atoms with E-state index in [2.05, 4.69) is 0 Å². The Kier molecular flexibility index (Phi) is 3.43. The van der Waals surface area contributed by atoms with Gasteiger partial charge in [0, 0.05) is 12.7 Å². The van der Waals surface area contributed by atoms with Crippen LogP contribution in [0.1, 0.15) is 28.8 Å². The topological polar surface area (TPSA) is 26.3 Å². The molecule has 0 aromatic heterocycles. The lowest BCUT2D eigenvalue weighted by Gasteiger charge is -2.17. The van der Waals surface area contributed by atoms with Crippen LogP contribution in [0.4, 0.5) is 13.2 Å². The van der Waals surface area contributed by atoms with Gasteiger partial charge in [-0.3, -0.25) is 4.79 Å². The maximum absolute atomic E-state index is 12.8. The van der Waals surface area contributed by atoms with Crippen molar-refractivity contribution in [2.45, 2.75) is 25.1 Å². The van der Waals surface area contributed by atoms with E-state index in [0.29, 0.717) is 0 Å². The molecule has 0 spiro atoms. The summed E-state index contributed by atoms with van der Waals surface area (Å²) in [5.74, 6) is -0.517. The fraction of sp³-hybridized carbons (Fsp3) is 0.462. The lowest BCUT2D eigenvalue weighted by Crippen LogP contribution is -2.27. The number of ketones is 1. The van der Waals surface area contributed by atoms with E-state index in [-0.39, 0.29) is 11.5 Å². The molecule has 1 aromatic carbocycles. The summed E-state index contributed by atoms with van der Waals surface area (Å²) >= 11 is 0. The zero-order valence-corrected chi connectivity index (χ0v) is 9.83. The third-order valence-electron chi connectivity index (χ3n) is 3.06. The zero-order chi connectivity index (χ0) is 13.3. The Bertz CT molecular complexity index is 450. The zero-order valence-electron chi connectivity index (χ0n) is 9.83. The first-order valence-corrected chi connectivity index (χ1v) is 5.68. The van der Waals surface area contributed by atoms with E-state index in [1.54, 1.807) is 0 Å². The average molecular weight is 258 g/mol. The Hall–Kier alpha value is -1.36. The van der Waals surface area contributed by atoms with Crippen LogP contribution in [0.15, 0.2) is 24.3 Å². The Morgan fingerprint density at radius 1 is 1.33 bits per heavy atom. The summed E-state index contributed by atoms with van der Waals surface area (Å²) in [5.41, 5.74) is -1.19. The molecule has 0 radical (unpaired) electrons. The number of ether oxygens (including phenoxy) is 1. The largest absolute Gasteiger partial charge is 0.417 e. The van der Waals surface area contributed by atoms with E-state index in [4.69, 9.17) is 4.74 Å². The van der Waals surface area contributed by atoms with Crippen molar-refractivity contribution in [3.8, 4) is 0 Å². The molecule has 0 aliphatic heterocycles. The predicted octanol–water partition coefficient (Wildman–Crippen LogP) is 3.31. The molecule has 98 valence electrons. The molecule has 0 bridgehead atoms. The number of hydrogen-bond donors (Lipinski definition) is 0. The maximum Gasteiger partial charge on any atom is 0.417 e. The standard InChI is InChI=1S/C13H13F3O2/c1-18-12(8-6-7-8)11(17)9-4-2-3-5-10(9)13(14,15)16/h2-5,8,12H,6-7H2,1H3. The minimum Gasteiger partial charge on any atom is -0.373 e. The summed E-state index contributed by atoms with van der Waals surface area (Å²) in [6.07, 6.45) is -3.61. The first-order valence-electron chi connectivity index (χ1n) is 5.68. The highest BCUT2D eigenvalue weighted by molar-refractivity contribution is 6.01. The molecule has 1 saturated carbocycles. The summed E-state index contributed by atoms with van der Waals surface area (Å²) in [6, 6.07) is 4.84. The number of hydrogen-bond acceptors (Lipinski definition) is 2. The molecule has 0 saturated heterocycles. The van der Waals surface area contributed by atoms with Gasteiger partial charge in [0.2, 0.25) is 0 Å². The Labute approximate surface area is 103 Å². The lowest BCUT2D eigenvalue weighted by molar-refractivity contribution is -0.138. The number of benzene rings is 1. The van der Waals surface area contributed by atoms with Gasteiger partial charge in [0.15, 0.2) is 5.78 Å². The molecular formula is C13H13F3O2. The minimum atomic E-state index is -4.52. The van der Waals surface area contributed by atoms with Crippen molar-refractivity contribution in [3.63, 3.8) is 0 Å². The molecule has 0 amide bonds. The van der Waals surface area contributed by atoms with E-state index < -0.39 is 23.6 Å². The van der Waals surface area contributed by atoms with Crippen LogP contribution in [0.25, 0.3) is 0 Å². The molecule has 5 heteroatoms. The van der Waals surface area contributed by atoms with Crippen molar-refractivity contribution >= 4 is 5.78 Å². The summed E-state index contributed by atoms with van der Waals surface area (Å²) in [4.78, 5) is 12.1. The van der Waals surface area contributed by atoms with Gasteiger partial charge >= 0.3 is 6.18 Å². The number of methoxy groups -OCH3 is 1. The molecule has 1 unspecified atom stereocenters. The van der Waals surface area contributed by atoms with Crippen molar-refractivity contribution in [3.05, 3.63) is 35.4 Å². The molecule has 2 nitrogen and oxygen atoms in total. The minimum absolute atomic E-state index is 0.0591. The van der Waals surface area contributed by atoms with Gasteiger partial charge in [-0.15, -0.1) is 0 Å². The number of carbonyl (C=O) groups is 1. The van der Waals surface area contributed by atoms with Crippen molar-refractivity contribution in [2.75, 3.05) is 7.11 Å². The van der Waals surface area contributed by atoms with E-state index >= 15 is 0 Å². The van der Waals surface area contributed by atoms with Crippen LogP contribution < -0.4 is 0 Å². The second-order valence-electron chi connectivity index (χ2n) is 4.40. The van der Waals surface area contributed by atoms with Gasteiger partial charge in [-0.2, -0.15) is 13.2 Å². The summed E-state index contributed by atoms with van der Waals surface area (Å²) < 4.78 is 43.4. The van der Waals surface area contributed by atoms with Crippen LogP contribution in [0.3, 0.4) is 0 Å². The number of Topliss-reactive ketones (excluding diaryl/α,β-unsaturated/α-hetero) is 1. The highest BCUT2D eigenvalue weighted by Gasteiger charge is 2.41. The van der Waals surface area contributed by atoms with Crippen LogP contribution in [-0.4, -0.2) is 19.0 Å². The molecule has 1 aromatic rings. The van der Waals surface area contributed by atoms with Crippen molar-refractivity contribution in [1.82, 2.24) is 0 Å². The molecule has 2 rings (SSSR count). The highest BCUT2D eigenvalue weighted by Crippen LogP contribution is 2.38. The Balaban J connectivity index is 2.35.